The first-order valence-corrected chi connectivity index (χ1v) is 6.83. The molecule has 0 aliphatic heterocycles. The van der Waals surface area contributed by atoms with Crippen molar-refractivity contribution < 1.29 is 19.6 Å². The summed E-state index contributed by atoms with van der Waals surface area (Å²) >= 11 is 0. The maximum atomic E-state index is 10.9. The Morgan fingerprint density at radius 3 is 2.81 bits per heavy atom. The van der Waals surface area contributed by atoms with Crippen molar-refractivity contribution in [3.63, 3.8) is 0 Å². The summed E-state index contributed by atoms with van der Waals surface area (Å²) in [4.78, 5) is 21.0. The van der Waals surface area contributed by atoms with E-state index in [2.05, 4.69) is 5.32 Å². The molecule has 0 aliphatic carbocycles. The van der Waals surface area contributed by atoms with Crippen molar-refractivity contribution in [2.24, 2.45) is 0 Å². The first kappa shape index (κ1) is 16.7. The van der Waals surface area contributed by atoms with Gasteiger partial charge in [0.1, 0.15) is 0 Å². The van der Waals surface area contributed by atoms with Gasteiger partial charge in [0.25, 0.3) is 0 Å². The molecule has 1 atom stereocenters. The predicted octanol–water partition coefficient (Wildman–Crippen LogP) is 3.05. The number of nitrogens with one attached hydrogen (secondary N) is 1. The van der Waals surface area contributed by atoms with Crippen molar-refractivity contribution in [3.8, 4) is 5.75 Å². The molecular formula is C14H20N2O5. The molecule has 1 aromatic rings. The Kier molecular flexibility index (Phi) is 6.45. The van der Waals surface area contributed by atoms with Gasteiger partial charge in [-0.05, 0) is 25.8 Å². The van der Waals surface area contributed by atoms with Crippen LogP contribution in [0.1, 0.15) is 33.1 Å². The first-order valence-electron chi connectivity index (χ1n) is 6.83. The van der Waals surface area contributed by atoms with Crippen molar-refractivity contribution in [1.29, 1.82) is 0 Å². The van der Waals surface area contributed by atoms with Gasteiger partial charge in [-0.2, -0.15) is 0 Å². The second kappa shape index (κ2) is 8.08. The van der Waals surface area contributed by atoms with E-state index < -0.39 is 10.9 Å². The molecule has 2 N–H and O–H groups in total. The van der Waals surface area contributed by atoms with Gasteiger partial charge in [0.05, 0.1) is 11.5 Å². The monoisotopic (exact) mass is 296 g/mol. The maximum Gasteiger partial charge on any atom is 0.311 e. The van der Waals surface area contributed by atoms with E-state index in [0.717, 1.165) is 6.42 Å². The lowest BCUT2D eigenvalue weighted by Gasteiger charge is -2.15. The van der Waals surface area contributed by atoms with E-state index in [0.29, 0.717) is 18.7 Å². The summed E-state index contributed by atoms with van der Waals surface area (Å²) in [5, 5.41) is 22.7. The van der Waals surface area contributed by atoms with Crippen LogP contribution >= 0.6 is 0 Å². The van der Waals surface area contributed by atoms with Gasteiger partial charge in [-0.1, -0.05) is 6.92 Å². The van der Waals surface area contributed by atoms with Crippen LogP contribution in [0.5, 0.6) is 5.75 Å². The van der Waals surface area contributed by atoms with Crippen LogP contribution < -0.4 is 10.1 Å². The molecule has 1 unspecified atom stereocenters. The van der Waals surface area contributed by atoms with Gasteiger partial charge in [0.15, 0.2) is 5.75 Å². The molecule has 0 radical (unpaired) electrons. The van der Waals surface area contributed by atoms with E-state index in [1.807, 2.05) is 13.8 Å². The minimum atomic E-state index is -0.848. The largest absolute Gasteiger partial charge is 0.487 e. The highest BCUT2D eigenvalue weighted by atomic mass is 16.6. The summed E-state index contributed by atoms with van der Waals surface area (Å²) in [5.74, 6) is -0.628. The molecule has 0 spiro atoms. The lowest BCUT2D eigenvalue weighted by atomic mass is 10.1. The van der Waals surface area contributed by atoms with E-state index in [-0.39, 0.29) is 23.9 Å². The molecule has 0 aromatic heterocycles. The highest BCUT2D eigenvalue weighted by Crippen LogP contribution is 2.30. The van der Waals surface area contributed by atoms with Crippen molar-refractivity contribution in [1.82, 2.24) is 0 Å². The van der Waals surface area contributed by atoms with Crippen LogP contribution in [0.4, 0.5) is 11.4 Å². The molecule has 7 nitrogen and oxygen atoms in total. The number of hydrogen-bond donors (Lipinski definition) is 2. The van der Waals surface area contributed by atoms with Crippen LogP contribution in [0.3, 0.4) is 0 Å². The summed E-state index contributed by atoms with van der Waals surface area (Å²) in [6.07, 6.45) is 1.29. The third-order valence-electron chi connectivity index (χ3n) is 2.82. The Morgan fingerprint density at radius 1 is 1.52 bits per heavy atom. The highest BCUT2D eigenvalue weighted by molar-refractivity contribution is 5.66. The molecule has 21 heavy (non-hydrogen) atoms. The summed E-state index contributed by atoms with van der Waals surface area (Å²) in [6, 6.07) is 4.50. The average Bonchev–Trinajstić information content (AvgIpc) is 2.42. The number of carbonyl (C=O) groups is 1. The van der Waals surface area contributed by atoms with Crippen molar-refractivity contribution in [2.75, 3.05) is 11.9 Å². The van der Waals surface area contributed by atoms with Gasteiger partial charge in [0.2, 0.25) is 0 Å². The number of nitro benzene ring substituents is 1. The predicted molar refractivity (Wildman–Crippen MR) is 78.8 cm³/mol. The second-order valence-corrected chi connectivity index (χ2v) is 4.77. The Bertz CT molecular complexity index is 504. The number of carboxylic acids is 1. The fourth-order valence-corrected chi connectivity index (χ4v) is 1.78. The van der Waals surface area contributed by atoms with Crippen LogP contribution in [0.25, 0.3) is 0 Å². The number of ether oxygens (including phenoxy) is 1. The normalized spacial score (nSPS) is 11.7. The van der Waals surface area contributed by atoms with Crippen molar-refractivity contribution in [2.45, 2.75) is 39.2 Å². The second-order valence-electron chi connectivity index (χ2n) is 4.77. The minimum Gasteiger partial charge on any atom is -0.487 e. The summed E-state index contributed by atoms with van der Waals surface area (Å²) < 4.78 is 5.39. The lowest BCUT2D eigenvalue weighted by Crippen LogP contribution is -2.16. The van der Waals surface area contributed by atoms with Gasteiger partial charge in [-0.3, -0.25) is 14.9 Å². The lowest BCUT2D eigenvalue weighted by molar-refractivity contribution is -0.385. The first-order chi connectivity index (χ1) is 9.93. The molecule has 0 bridgehead atoms. The molecule has 0 saturated carbocycles. The standard InChI is InChI=1S/C14H20N2O5/c1-3-8-21-13-9-11(5-6-12(13)16(19)20)15-10(2)4-7-14(17)18/h5-6,9-10,15H,3-4,7-8H2,1-2H3,(H,17,18). The summed E-state index contributed by atoms with van der Waals surface area (Å²) in [7, 11) is 0. The van der Waals surface area contributed by atoms with Crippen LogP contribution in [0.15, 0.2) is 18.2 Å². The zero-order valence-corrected chi connectivity index (χ0v) is 12.2. The highest BCUT2D eigenvalue weighted by Gasteiger charge is 2.16. The molecule has 1 rings (SSSR count). The summed E-state index contributed by atoms with van der Waals surface area (Å²) in [6.45, 7) is 4.18. The van der Waals surface area contributed by atoms with Gasteiger partial charge in [-0.25, -0.2) is 0 Å². The van der Waals surface area contributed by atoms with Gasteiger partial charge < -0.3 is 15.2 Å². The van der Waals surface area contributed by atoms with Gasteiger partial charge in [0, 0.05) is 30.3 Å². The molecule has 0 amide bonds. The van der Waals surface area contributed by atoms with Crippen molar-refractivity contribution in [3.05, 3.63) is 28.3 Å². The molecular weight excluding hydrogens is 276 g/mol. The number of nitro groups is 1. The topological polar surface area (TPSA) is 102 Å². The Morgan fingerprint density at radius 2 is 2.24 bits per heavy atom. The maximum absolute atomic E-state index is 10.9. The molecule has 0 saturated heterocycles. The third-order valence-corrected chi connectivity index (χ3v) is 2.82. The van der Waals surface area contributed by atoms with Gasteiger partial charge >= 0.3 is 11.7 Å². The minimum absolute atomic E-state index is 0.0541. The number of carboxylic acid groups (broad SMARTS) is 1. The Labute approximate surface area is 123 Å². The summed E-state index contributed by atoms with van der Waals surface area (Å²) in [5.41, 5.74) is 0.594. The number of hydrogen-bond acceptors (Lipinski definition) is 5. The number of benzene rings is 1. The van der Waals surface area contributed by atoms with E-state index in [1.165, 1.54) is 6.07 Å². The van der Waals surface area contributed by atoms with E-state index >= 15 is 0 Å². The molecule has 1 aromatic carbocycles. The zero-order valence-electron chi connectivity index (χ0n) is 12.2. The van der Waals surface area contributed by atoms with Gasteiger partial charge in [-0.15, -0.1) is 0 Å². The Hall–Kier alpha value is -2.31. The number of aliphatic carboxylic acids is 1. The molecule has 0 fully saturated rings. The Balaban J connectivity index is 2.79. The SMILES string of the molecule is CCCOc1cc(NC(C)CCC(=O)O)ccc1[N+](=O)[O-]. The molecule has 0 heterocycles. The number of anilines is 1. The quantitative estimate of drug-likeness (QED) is 0.536. The number of rotatable bonds is 9. The van der Waals surface area contributed by atoms with E-state index in [9.17, 15) is 14.9 Å². The van der Waals surface area contributed by atoms with Crippen LogP contribution in [-0.4, -0.2) is 28.6 Å². The zero-order chi connectivity index (χ0) is 15.8. The molecule has 0 aliphatic rings. The number of nitrogens with zero attached hydrogens (tertiary/aromatic N) is 1. The fourth-order valence-electron chi connectivity index (χ4n) is 1.78. The smallest absolute Gasteiger partial charge is 0.311 e. The van der Waals surface area contributed by atoms with Crippen molar-refractivity contribution >= 4 is 17.3 Å². The van der Waals surface area contributed by atoms with Crippen LogP contribution in [0.2, 0.25) is 0 Å². The molecule has 116 valence electrons. The van der Waals surface area contributed by atoms with E-state index in [4.69, 9.17) is 9.84 Å². The fraction of sp³-hybridized carbons (Fsp3) is 0.500. The third kappa shape index (κ3) is 5.68. The van der Waals surface area contributed by atoms with Crippen LogP contribution in [-0.2, 0) is 4.79 Å². The average molecular weight is 296 g/mol. The van der Waals surface area contributed by atoms with E-state index in [1.54, 1.807) is 12.1 Å². The molecule has 7 heteroatoms. The van der Waals surface area contributed by atoms with Crippen LogP contribution in [0, 0.1) is 10.1 Å².